The minimum absolute atomic E-state index is 0.0161. The number of amides is 1. The summed E-state index contributed by atoms with van der Waals surface area (Å²) in [4.78, 5) is 11.8. The van der Waals surface area contributed by atoms with Crippen LogP contribution in [0.15, 0.2) is 11.6 Å². The van der Waals surface area contributed by atoms with E-state index in [1.807, 2.05) is 13.0 Å². The van der Waals surface area contributed by atoms with Crippen molar-refractivity contribution in [1.29, 1.82) is 0 Å². The zero-order valence-corrected chi connectivity index (χ0v) is 16.4. The van der Waals surface area contributed by atoms with Crippen molar-refractivity contribution in [3.05, 3.63) is 11.6 Å². The fourth-order valence-corrected chi connectivity index (χ4v) is 2.78. The van der Waals surface area contributed by atoms with Gasteiger partial charge in [-0.1, -0.05) is 83.6 Å². The standard InChI is InChI=1S/C21H41NO2/c1-4-5-6-7-8-9-10-11-12-13-14-15-16-17-19(2)21(24)22-20(3)18-23/h17,20,23H,4-16,18H2,1-3H3,(H,22,24)/b19-17+/t20-/m0/s1. The van der Waals surface area contributed by atoms with Crippen LogP contribution in [0.4, 0.5) is 0 Å². The van der Waals surface area contributed by atoms with Gasteiger partial charge in [0.15, 0.2) is 0 Å². The third-order valence-corrected chi connectivity index (χ3v) is 4.52. The number of carbonyl (C=O) groups excluding carboxylic acids is 1. The largest absolute Gasteiger partial charge is 0.394 e. The van der Waals surface area contributed by atoms with E-state index < -0.39 is 0 Å². The molecule has 24 heavy (non-hydrogen) atoms. The Kier molecular flexibility index (Phi) is 16.4. The summed E-state index contributed by atoms with van der Waals surface area (Å²) in [5.74, 6) is -0.0597. The maximum Gasteiger partial charge on any atom is 0.246 e. The third kappa shape index (κ3) is 14.7. The predicted octanol–water partition coefficient (Wildman–Crippen LogP) is 5.52. The zero-order valence-electron chi connectivity index (χ0n) is 16.4. The maximum atomic E-state index is 11.8. The first-order chi connectivity index (χ1) is 11.6. The number of carbonyl (C=O) groups is 1. The molecule has 1 amide bonds. The highest BCUT2D eigenvalue weighted by atomic mass is 16.3. The number of nitrogens with one attached hydrogen (secondary N) is 1. The molecular formula is C21H41NO2. The molecule has 0 fully saturated rings. The Labute approximate surface area is 150 Å². The van der Waals surface area contributed by atoms with Crippen molar-refractivity contribution in [3.8, 4) is 0 Å². The summed E-state index contributed by atoms with van der Waals surface area (Å²) in [6.45, 7) is 5.90. The quantitative estimate of drug-likeness (QED) is 0.287. The van der Waals surface area contributed by atoms with Crippen LogP contribution in [0.25, 0.3) is 0 Å². The lowest BCUT2D eigenvalue weighted by molar-refractivity contribution is -0.118. The summed E-state index contributed by atoms with van der Waals surface area (Å²) in [7, 11) is 0. The van der Waals surface area contributed by atoms with Crippen molar-refractivity contribution in [2.24, 2.45) is 0 Å². The van der Waals surface area contributed by atoms with Crippen LogP contribution in [-0.2, 0) is 4.79 Å². The molecule has 0 saturated carbocycles. The van der Waals surface area contributed by atoms with Crippen molar-refractivity contribution >= 4 is 5.91 Å². The van der Waals surface area contributed by atoms with Crippen molar-refractivity contribution in [2.75, 3.05) is 6.61 Å². The number of aliphatic hydroxyl groups excluding tert-OH is 1. The second kappa shape index (κ2) is 17.0. The van der Waals surface area contributed by atoms with E-state index in [2.05, 4.69) is 12.2 Å². The molecule has 0 aliphatic rings. The number of allylic oxidation sites excluding steroid dienone is 1. The van der Waals surface area contributed by atoms with Crippen LogP contribution in [0.1, 0.15) is 104 Å². The van der Waals surface area contributed by atoms with Crippen LogP contribution in [0, 0.1) is 0 Å². The summed E-state index contributed by atoms with van der Waals surface area (Å²) < 4.78 is 0. The maximum absolute atomic E-state index is 11.8. The van der Waals surface area contributed by atoms with Gasteiger partial charge in [0, 0.05) is 11.6 Å². The van der Waals surface area contributed by atoms with Gasteiger partial charge in [-0.05, 0) is 26.7 Å². The van der Waals surface area contributed by atoms with Gasteiger partial charge in [0.05, 0.1) is 6.61 Å². The SMILES string of the molecule is CCCCCCCCCCCCCC/C=C(\C)C(=O)N[C@@H](C)CO. The Hall–Kier alpha value is -0.830. The number of rotatable bonds is 16. The summed E-state index contributed by atoms with van der Waals surface area (Å²) in [5, 5.41) is 11.7. The highest BCUT2D eigenvalue weighted by molar-refractivity contribution is 5.92. The average molecular weight is 340 g/mol. The van der Waals surface area contributed by atoms with Gasteiger partial charge in [-0.15, -0.1) is 0 Å². The second-order valence-corrected chi connectivity index (χ2v) is 7.12. The molecule has 0 aromatic carbocycles. The lowest BCUT2D eigenvalue weighted by Gasteiger charge is -2.10. The molecule has 2 N–H and O–H groups in total. The summed E-state index contributed by atoms with van der Waals surface area (Å²) >= 11 is 0. The molecule has 0 radical (unpaired) electrons. The van der Waals surface area contributed by atoms with Gasteiger partial charge in [-0.25, -0.2) is 0 Å². The lowest BCUT2D eigenvalue weighted by Crippen LogP contribution is -2.35. The molecule has 0 heterocycles. The molecule has 0 saturated heterocycles. The highest BCUT2D eigenvalue weighted by Crippen LogP contribution is 2.12. The van der Waals surface area contributed by atoms with E-state index in [0.29, 0.717) is 0 Å². The van der Waals surface area contributed by atoms with Gasteiger partial charge >= 0.3 is 0 Å². The minimum Gasteiger partial charge on any atom is -0.394 e. The molecule has 3 heteroatoms. The van der Waals surface area contributed by atoms with Gasteiger partial charge in [-0.2, -0.15) is 0 Å². The second-order valence-electron chi connectivity index (χ2n) is 7.12. The Morgan fingerprint density at radius 2 is 1.38 bits per heavy atom. The topological polar surface area (TPSA) is 49.3 Å². The molecule has 0 unspecified atom stereocenters. The molecule has 1 atom stereocenters. The summed E-state index contributed by atoms with van der Waals surface area (Å²) in [6, 6.07) is -0.174. The fourth-order valence-electron chi connectivity index (χ4n) is 2.78. The number of unbranched alkanes of at least 4 members (excludes halogenated alkanes) is 12. The van der Waals surface area contributed by atoms with E-state index in [-0.39, 0.29) is 18.6 Å². The summed E-state index contributed by atoms with van der Waals surface area (Å²) in [6.07, 6.45) is 19.3. The van der Waals surface area contributed by atoms with Crippen LogP contribution in [-0.4, -0.2) is 23.7 Å². The average Bonchev–Trinajstić information content (AvgIpc) is 2.58. The molecule has 0 aliphatic heterocycles. The van der Waals surface area contributed by atoms with Crippen molar-refractivity contribution in [3.63, 3.8) is 0 Å². The minimum atomic E-state index is -0.174. The third-order valence-electron chi connectivity index (χ3n) is 4.52. The number of aliphatic hydroxyl groups is 1. The highest BCUT2D eigenvalue weighted by Gasteiger charge is 2.07. The molecule has 0 aromatic rings. The zero-order chi connectivity index (χ0) is 18.0. The number of hydrogen-bond donors (Lipinski definition) is 2. The van der Waals surface area contributed by atoms with E-state index in [0.717, 1.165) is 18.4 Å². The van der Waals surface area contributed by atoms with Crippen molar-refractivity contribution < 1.29 is 9.90 Å². The number of hydrogen-bond acceptors (Lipinski definition) is 2. The first-order valence-corrected chi connectivity index (χ1v) is 10.2. The molecule has 0 bridgehead atoms. The normalized spacial score (nSPS) is 13.1. The molecule has 0 aromatic heterocycles. The first kappa shape index (κ1) is 23.2. The van der Waals surface area contributed by atoms with E-state index in [1.165, 1.54) is 70.6 Å². The predicted molar refractivity (Wildman–Crippen MR) is 104 cm³/mol. The van der Waals surface area contributed by atoms with Crippen molar-refractivity contribution in [2.45, 2.75) is 110 Å². The fraction of sp³-hybridized carbons (Fsp3) is 0.857. The van der Waals surface area contributed by atoms with E-state index in [4.69, 9.17) is 5.11 Å². The van der Waals surface area contributed by atoms with E-state index in [9.17, 15) is 4.79 Å². The summed E-state index contributed by atoms with van der Waals surface area (Å²) in [5.41, 5.74) is 0.762. The van der Waals surface area contributed by atoms with E-state index in [1.54, 1.807) is 6.92 Å². The lowest BCUT2D eigenvalue weighted by atomic mass is 10.0. The Morgan fingerprint density at radius 3 is 1.83 bits per heavy atom. The molecule has 3 nitrogen and oxygen atoms in total. The van der Waals surface area contributed by atoms with E-state index >= 15 is 0 Å². The molecule has 0 spiro atoms. The van der Waals surface area contributed by atoms with Gasteiger partial charge < -0.3 is 10.4 Å². The van der Waals surface area contributed by atoms with Crippen LogP contribution in [0.2, 0.25) is 0 Å². The van der Waals surface area contributed by atoms with Gasteiger partial charge in [0.2, 0.25) is 5.91 Å². The molecule has 0 rings (SSSR count). The van der Waals surface area contributed by atoms with Gasteiger partial charge in [0.25, 0.3) is 0 Å². The van der Waals surface area contributed by atoms with Crippen LogP contribution >= 0.6 is 0 Å². The van der Waals surface area contributed by atoms with Crippen molar-refractivity contribution in [1.82, 2.24) is 5.32 Å². The monoisotopic (exact) mass is 339 g/mol. The van der Waals surface area contributed by atoms with Crippen LogP contribution < -0.4 is 5.32 Å². The molecule has 142 valence electrons. The Morgan fingerprint density at radius 1 is 0.917 bits per heavy atom. The first-order valence-electron chi connectivity index (χ1n) is 10.2. The Balaban J connectivity index is 3.40. The van der Waals surface area contributed by atoms with Crippen LogP contribution in [0.5, 0.6) is 0 Å². The van der Waals surface area contributed by atoms with Gasteiger partial charge in [-0.3, -0.25) is 4.79 Å². The molecular weight excluding hydrogens is 298 g/mol. The smallest absolute Gasteiger partial charge is 0.246 e. The molecule has 0 aliphatic carbocycles. The van der Waals surface area contributed by atoms with Crippen LogP contribution in [0.3, 0.4) is 0 Å². The Bertz CT molecular complexity index is 326. The van der Waals surface area contributed by atoms with Gasteiger partial charge in [0.1, 0.15) is 0 Å².